The number of imide groups is 1. The van der Waals surface area contributed by atoms with Crippen molar-refractivity contribution in [3.8, 4) is 17.3 Å². The van der Waals surface area contributed by atoms with Gasteiger partial charge in [0.2, 0.25) is 17.7 Å². The number of aryl methyl sites for hydroxylation is 2. The standard InChI is InChI=1S/C46H48Cl2N10O7/c1-25(2)57-40-38(46(63)58(36-22-31(48)24-54(3)45(36)62)39(40)28-9-11-30(47)12-10-28)52-41(57)32-21-29(23-49-43(32)65-5)44(61)56-18-16-26(17-19-56)6-7-27-8-13-33(35(20-27)55(4)53-64)50-34-14-15-37(59)51-42(34)60/h8-13,20-26,34,39,50H,6-7,14-19H2,1-5H3,(H,51,59,60). The predicted octanol–water partition coefficient (Wildman–Crippen LogP) is 7.11. The van der Waals surface area contributed by atoms with Gasteiger partial charge in [0.15, 0.2) is 5.69 Å². The number of halogens is 2. The Bertz CT molecular complexity index is 2770. The highest BCUT2D eigenvalue weighted by molar-refractivity contribution is 6.31. The molecule has 2 atom stereocenters. The first-order valence-corrected chi connectivity index (χ1v) is 22.1. The average molecular weight is 924 g/mol. The van der Waals surface area contributed by atoms with Gasteiger partial charge < -0.3 is 24.1 Å². The van der Waals surface area contributed by atoms with Crippen LogP contribution in [0, 0.1) is 10.8 Å². The molecule has 3 aromatic heterocycles. The number of methoxy groups -OCH3 is 1. The summed E-state index contributed by atoms with van der Waals surface area (Å²) in [6.07, 6.45) is 6.69. The number of hydrogen-bond acceptors (Lipinski definition) is 11. The van der Waals surface area contributed by atoms with Crippen molar-refractivity contribution in [2.45, 2.75) is 70.5 Å². The summed E-state index contributed by atoms with van der Waals surface area (Å²) in [5.41, 5.74) is 3.92. The third-order valence-electron chi connectivity index (χ3n) is 12.4. The predicted molar refractivity (Wildman–Crippen MR) is 247 cm³/mol. The lowest BCUT2D eigenvalue weighted by Crippen LogP contribution is -2.47. The van der Waals surface area contributed by atoms with Crippen molar-refractivity contribution in [1.82, 2.24) is 29.3 Å². The highest BCUT2D eigenvalue weighted by Crippen LogP contribution is 2.45. The van der Waals surface area contributed by atoms with Gasteiger partial charge >= 0.3 is 0 Å². The van der Waals surface area contributed by atoms with Gasteiger partial charge in [-0.05, 0) is 99.4 Å². The second-order valence-corrected chi connectivity index (χ2v) is 17.8. The van der Waals surface area contributed by atoms with Gasteiger partial charge in [0, 0.05) is 57.1 Å². The summed E-state index contributed by atoms with van der Waals surface area (Å²) < 4.78 is 9.01. The molecule has 17 nitrogen and oxygen atoms in total. The number of nitrogens with zero attached hydrogens (tertiary/aromatic N) is 8. The van der Waals surface area contributed by atoms with E-state index >= 15 is 0 Å². The molecular formula is C46H48Cl2N10O7. The Kier molecular flexibility index (Phi) is 12.8. The van der Waals surface area contributed by atoms with Crippen molar-refractivity contribution < 1.29 is 23.9 Å². The molecule has 2 fully saturated rings. The maximum Gasteiger partial charge on any atom is 0.279 e. The molecule has 2 N–H and O–H groups in total. The number of imidazole rings is 1. The van der Waals surface area contributed by atoms with Crippen molar-refractivity contribution in [3.05, 3.63) is 120 Å². The molecule has 2 saturated heterocycles. The number of carbonyl (C=O) groups excluding carboxylic acids is 4. The van der Waals surface area contributed by atoms with E-state index in [9.17, 15) is 28.9 Å². The number of anilines is 3. The topological polar surface area (TPSA) is 193 Å². The molecule has 19 heteroatoms. The number of pyridine rings is 2. The molecule has 3 aliphatic heterocycles. The van der Waals surface area contributed by atoms with Gasteiger partial charge in [0.05, 0.1) is 45.6 Å². The van der Waals surface area contributed by atoms with E-state index in [0.717, 1.165) is 31.2 Å². The number of amides is 4. The van der Waals surface area contributed by atoms with Crippen LogP contribution in [0.5, 0.6) is 5.88 Å². The molecule has 8 rings (SSSR count). The van der Waals surface area contributed by atoms with Gasteiger partial charge in [0.25, 0.3) is 17.4 Å². The minimum absolute atomic E-state index is 0.0970. The number of hydrogen-bond donors (Lipinski definition) is 2. The van der Waals surface area contributed by atoms with Gasteiger partial charge in [-0.2, -0.15) is 0 Å². The number of likely N-dealkylation sites (tertiary alicyclic amines) is 1. The number of nitrogens with one attached hydrogen (secondary N) is 2. The molecule has 6 heterocycles. The third-order valence-corrected chi connectivity index (χ3v) is 12.8. The summed E-state index contributed by atoms with van der Waals surface area (Å²) in [5.74, 6) is -0.461. The Morgan fingerprint density at radius 2 is 1.75 bits per heavy atom. The van der Waals surface area contributed by atoms with E-state index < -0.39 is 29.5 Å². The molecule has 2 unspecified atom stereocenters. The highest BCUT2D eigenvalue weighted by Gasteiger charge is 2.46. The smallest absolute Gasteiger partial charge is 0.279 e. The Labute approximate surface area is 384 Å². The van der Waals surface area contributed by atoms with Crippen LogP contribution in [0.15, 0.2) is 77.1 Å². The van der Waals surface area contributed by atoms with Crippen LogP contribution in [-0.4, -0.2) is 80.9 Å². The van der Waals surface area contributed by atoms with E-state index in [-0.39, 0.29) is 46.6 Å². The molecular weight excluding hydrogens is 875 g/mol. The summed E-state index contributed by atoms with van der Waals surface area (Å²) in [5, 5.41) is 10.6. The van der Waals surface area contributed by atoms with Gasteiger partial charge in [0.1, 0.15) is 23.6 Å². The number of nitroso groups, excluding NO2 is 1. The fourth-order valence-electron chi connectivity index (χ4n) is 9.01. The fraction of sp³-hybridized carbons (Fsp3) is 0.370. The van der Waals surface area contributed by atoms with E-state index in [4.69, 9.17) is 32.9 Å². The second kappa shape index (κ2) is 18.5. The summed E-state index contributed by atoms with van der Waals surface area (Å²) in [7, 11) is 4.60. The first kappa shape index (κ1) is 45.0. The van der Waals surface area contributed by atoms with E-state index in [1.54, 1.807) is 32.3 Å². The lowest BCUT2D eigenvalue weighted by atomic mass is 9.90. The van der Waals surface area contributed by atoms with Crippen LogP contribution < -0.4 is 30.8 Å². The van der Waals surface area contributed by atoms with Crippen molar-refractivity contribution in [2.75, 3.05) is 42.5 Å². The number of piperidine rings is 2. The van der Waals surface area contributed by atoms with Crippen LogP contribution in [0.3, 0.4) is 0 Å². The number of aromatic nitrogens is 4. The summed E-state index contributed by atoms with van der Waals surface area (Å²) >= 11 is 12.8. The van der Waals surface area contributed by atoms with Crippen LogP contribution in [0.4, 0.5) is 17.1 Å². The number of carbonyl (C=O) groups is 4. The zero-order valence-corrected chi connectivity index (χ0v) is 38.0. The lowest BCUT2D eigenvalue weighted by molar-refractivity contribution is -0.133. The van der Waals surface area contributed by atoms with Crippen LogP contribution in [0.2, 0.25) is 10.0 Å². The SMILES string of the molecule is COc1ncc(C(=O)N2CCC(CCc3ccc(NC4CCC(=O)NC4=O)c(N(C)N=O)c3)CC2)cc1-c1nc2c(n1C(C)C)C(c1ccc(Cl)cc1)N(c1cc(Cl)cn(C)c1=O)C2=O. The number of fused-ring (bicyclic) bond motifs is 1. The molecule has 4 amide bonds. The normalized spacial score (nSPS) is 17.6. The molecule has 0 radical (unpaired) electrons. The number of rotatable bonds is 13. The first-order chi connectivity index (χ1) is 31.2. The van der Waals surface area contributed by atoms with Crippen molar-refractivity contribution in [2.24, 2.45) is 18.3 Å². The minimum Gasteiger partial charge on any atom is -0.480 e. The second-order valence-electron chi connectivity index (χ2n) is 16.9. The van der Waals surface area contributed by atoms with Crippen LogP contribution in [0.25, 0.3) is 11.4 Å². The van der Waals surface area contributed by atoms with Crippen LogP contribution in [0.1, 0.15) is 95.7 Å². The number of ether oxygens (including phenoxy) is 1. The Morgan fingerprint density at radius 3 is 2.43 bits per heavy atom. The Balaban J connectivity index is 1.01. The van der Waals surface area contributed by atoms with E-state index in [1.165, 1.54) is 40.0 Å². The van der Waals surface area contributed by atoms with Crippen molar-refractivity contribution >= 4 is 63.9 Å². The molecule has 5 aromatic rings. The van der Waals surface area contributed by atoms with Gasteiger partial charge in [-0.3, -0.25) is 34.2 Å². The minimum atomic E-state index is -0.784. The molecule has 65 heavy (non-hydrogen) atoms. The highest BCUT2D eigenvalue weighted by atomic mass is 35.5. The molecule has 3 aliphatic rings. The molecule has 0 bridgehead atoms. The third kappa shape index (κ3) is 8.81. The first-order valence-electron chi connectivity index (χ1n) is 21.4. The van der Waals surface area contributed by atoms with Gasteiger partial charge in [-0.15, -0.1) is 4.91 Å². The van der Waals surface area contributed by atoms with Crippen LogP contribution >= 0.6 is 23.2 Å². The lowest BCUT2D eigenvalue weighted by Gasteiger charge is -2.32. The summed E-state index contributed by atoms with van der Waals surface area (Å²) in [4.78, 5) is 90.7. The molecule has 0 saturated carbocycles. The molecule has 0 spiro atoms. The van der Waals surface area contributed by atoms with Gasteiger partial charge in [-0.1, -0.05) is 41.4 Å². The Hall–Kier alpha value is -6.59. The van der Waals surface area contributed by atoms with Gasteiger partial charge in [-0.25, -0.2) is 15.0 Å². The van der Waals surface area contributed by atoms with E-state index in [2.05, 4.69) is 20.9 Å². The van der Waals surface area contributed by atoms with E-state index in [1.807, 2.05) is 53.6 Å². The van der Waals surface area contributed by atoms with Crippen LogP contribution in [-0.2, 0) is 23.1 Å². The quantitative estimate of drug-likeness (QED) is 0.0695. The van der Waals surface area contributed by atoms with E-state index in [0.29, 0.717) is 70.0 Å². The molecule has 0 aliphatic carbocycles. The Morgan fingerprint density at radius 1 is 1.02 bits per heavy atom. The zero-order valence-electron chi connectivity index (χ0n) is 36.5. The van der Waals surface area contributed by atoms with Crippen molar-refractivity contribution in [1.29, 1.82) is 0 Å². The summed E-state index contributed by atoms with van der Waals surface area (Å²) in [6.45, 7) is 5.00. The largest absolute Gasteiger partial charge is 0.480 e. The zero-order chi connectivity index (χ0) is 46.3. The van der Waals surface area contributed by atoms with Crippen molar-refractivity contribution in [3.63, 3.8) is 0 Å². The number of benzene rings is 2. The fourth-order valence-corrected chi connectivity index (χ4v) is 9.39. The molecule has 2 aromatic carbocycles. The monoisotopic (exact) mass is 922 g/mol. The average Bonchev–Trinajstić information content (AvgIpc) is 3.82. The molecule has 338 valence electrons. The maximum atomic E-state index is 14.6. The maximum absolute atomic E-state index is 14.6. The summed E-state index contributed by atoms with van der Waals surface area (Å²) in [6, 6.07) is 14.3.